The van der Waals surface area contributed by atoms with Crippen molar-refractivity contribution in [3.05, 3.63) is 30.0 Å². The predicted molar refractivity (Wildman–Crippen MR) is 122 cm³/mol. The molecule has 2 bridgehead atoms. The second-order valence-corrected chi connectivity index (χ2v) is 8.47. The Morgan fingerprint density at radius 3 is 2.74 bits per heavy atom. The van der Waals surface area contributed by atoms with E-state index in [0.29, 0.717) is 37.9 Å². The quantitative estimate of drug-likeness (QED) is 0.332. The zero-order valence-electron chi connectivity index (χ0n) is 19.4. The lowest BCUT2D eigenvalue weighted by atomic mass is 10.2. The molecule has 1 fully saturated rings. The normalized spacial score (nSPS) is 16.8. The summed E-state index contributed by atoms with van der Waals surface area (Å²) in [6.07, 6.45) is 1.35. The van der Waals surface area contributed by atoms with E-state index in [-0.39, 0.29) is 17.6 Å². The molecule has 0 aliphatic carbocycles. The van der Waals surface area contributed by atoms with Gasteiger partial charge in [-0.25, -0.2) is 14.6 Å². The fraction of sp³-hybridized carbons (Fsp3) is 0.500. The van der Waals surface area contributed by atoms with Crippen LogP contribution in [-0.4, -0.2) is 77.5 Å². The Bertz CT molecular complexity index is 1040. The minimum absolute atomic E-state index is 0.0745. The third kappa shape index (κ3) is 5.34. The van der Waals surface area contributed by atoms with E-state index in [1.165, 1.54) is 7.11 Å². The first-order chi connectivity index (χ1) is 16.2. The monoisotopic (exact) mass is 472 g/mol. The van der Waals surface area contributed by atoms with Crippen LogP contribution in [0.1, 0.15) is 37.2 Å². The van der Waals surface area contributed by atoms with Crippen molar-refractivity contribution < 1.29 is 28.9 Å². The maximum atomic E-state index is 13.2. The molecule has 1 saturated heterocycles. The molecule has 182 valence electrons. The second-order valence-electron chi connectivity index (χ2n) is 8.47. The number of fused-ring (bicyclic) bond motifs is 4. The van der Waals surface area contributed by atoms with Crippen LogP contribution < -0.4 is 19.9 Å². The average Bonchev–Trinajstić information content (AvgIpc) is 3.22. The number of methoxy groups -OCH3 is 1. The number of aliphatic hydroxyl groups is 1. The van der Waals surface area contributed by atoms with Crippen molar-refractivity contribution in [3.8, 4) is 5.88 Å². The highest BCUT2D eigenvalue weighted by Crippen LogP contribution is 2.39. The van der Waals surface area contributed by atoms with E-state index in [1.807, 2.05) is 0 Å². The predicted octanol–water partition coefficient (Wildman–Crippen LogP) is 1.80. The van der Waals surface area contributed by atoms with Crippen molar-refractivity contribution in [2.24, 2.45) is 0 Å². The van der Waals surface area contributed by atoms with Crippen LogP contribution in [0.3, 0.4) is 0 Å². The summed E-state index contributed by atoms with van der Waals surface area (Å²) in [4.78, 5) is 33.3. The van der Waals surface area contributed by atoms with Crippen LogP contribution in [0.5, 0.6) is 5.88 Å². The summed E-state index contributed by atoms with van der Waals surface area (Å²) in [5.74, 6) is -0.768. The van der Waals surface area contributed by atoms with Gasteiger partial charge in [0.15, 0.2) is 23.1 Å². The Labute approximate surface area is 196 Å². The Kier molecular flexibility index (Phi) is 6.80. The van der Waals surface area contributed by atoms with Crippen LogP contribution in [0.15, 0.2) is 24.3 Å². The standard InChI is InChI=1S/C22H28N6O6/c1-22(2,31)34-12-4-11-33-18-8-7-17(25-26-18)24-21(30)28-14-9-10-27(13-14)16-6-5-15(20(29)32-3)23-19(16)28/h5-8,14,31H,4,9-13H2,1-3H3,(H,24,25,30)/t14-/m0/s1. The molecule has 0 unspecified atom stereocenters. The van der Waals surface area contributed by atoms with E-state index in [0.717, 1.165) is 18.7 Å². The van der Waals surface area contributed by atoms with Crippen molar-refractivity contribution in [3.63, 3.8) is 0 Å². The SMILES string of the molecule is COC(=O)c1ccc2c(n1)N(C(=O)Nc1ccc(OCCCOC(C)(C)O)nn1)[C@H]1CCN2C1. The summed E-state index contributed by atoms with van der Waals surface area (Å²) < 4.78 is 15.5. The number of esters is 1. The molecule has 2 aromatic rings. The third-order valence-electron chi connectivity index (χ3n) is 5.43. The molecule has 0 saturated carbocycles. The molecule has 2 N–H and O–H groups in total. The van der Waals surface area contributed by atoms with Crippen molar-refractivity contribution in [2.45, 2.75) is 38.5 Å². The summed E-state index contributed by atoms with van der Waals surface area (Å²) in [6, 6.07) is 6.10. The molecule has 2 aromatic heterocycles. The van der Waals surface area contributed by atoms with Gasteiger partial charge in [0, 0.05) is 25.6 Å². The van der Waals surface area contributed by atoms with E-state index >= 15 is 0 Å². The van der Waals surface area contributed by atoms with Gasteiger partial charge in [-0.3, -0.25) is 10.2 Å². The highest BCUT2D eigenvalue weighted by Gasteiger charge is 2.40. The first-order valence-electron chi connectivity index (χ1n) is 11.0. The van der Waals surface area contributed by atoms with E-state index < -0.39 is 17.8 Å². The van der Waals surface area contributed by atoms with Crippen molar-refractivity contribution >= 4 is 29.3 Å². The molecule has 0 aromatic carbocycles. The summed E-state index contributed by atoms with van der Waals surface area (Å²) in [6.45, 7) is 5.29. The number of ether oxygens (including phenoxy) is 3. The molecule has 4 heterocycles. The maximum absolute atomic E-state index is 13.2. The van der Waals surface area contributed by atoms with Gasteiger partial charge in [0.05, 0.1) is 32.1 Å². The molecule has 2 aliphatic heterocycles. The zero-order chi connectivity index (χ0) is 24.3. The van der Waals surface area contributed by atoms with Gasteiger partial charge in [-0.1, -0.05) is 0 Å². The largest absolute Gasteiger partial charge is 0.477 e. The smallest absolute Gasteiger partial charge is 0.356 e. The average molecular weight is 473 g/mol. The van der Waals surface area contributed by atoms with Gasteiger partial charge in [-0.15, -0.1) is 10.2 Å². The summed E-state index contributed by atoms with van der Waals surface area (Å²) in [7, 11) is 1.29. The van der Waals surface area contributed by atoms with Crippen LogP contribution >= 0.6 is 0 Å². The maximum Gasteiger partial charge on any atom is 0.356 e. The second kappa shape index (κ2) is 9.77. The number of hydrogen-bond donors (Lipinski definition) is 2. The van der Waals surface area contributed by atoms with E-state index in [1.54, 1.807) is 43.0 Å². The molecular formula is C22H28N6O6. The number of carbonyl (C=O) groups is 2. The third-order valence-corrected chi connectivity index (χ3v) is 5.43. The van der Waals surface area contributed by atoms with Crippen LogP contribution in [0, 0.1) is 0 Å². The number of nitrogens with one attached hydrogen (secondary N) is 1. The van der Waals surface area contributed by atoms with Gasteiger partial charge in [-0.05, 0) is 38.5 Å². The Morgan fingerprint density at radius 2 is 2.03 bits per heavy atom. The molecule has 12 nitrogen and oxygen atoms in total. The molecule has 2 aliphatic rings. The number of pyridine rings is 1. The van der Waals surface area contributed by atoms with Crippen molar-refractivity contribution in [2.75, 3.05) is 48.5 Å². The number of carbonyl (C=O) groups excluding carboxylic acids is 2. The number of rotatable bonds is 8. The first-order valence-corrected chi connectivity index (χ1v) is 11.0. The first kappa shape index (κ1) is 23.6. The van der Waals surface area contributed by atoms with Gasteiger partial charge in [0.25, 0.3) is 0 Å². The van der Waals surface area contributed by atoms with E-state index in [2.05, 4.69) is 25.4 Å². The lowest BCUT2D eigenvalue weighted by molar-refractivity contribution is -0.176. The minimum atomic E-state index is -1.18. The van der Waals surface area contributed by atoms with Gasteiger partial charge in [-0.2, -0.15) is 0 Å². The molecular weight excluding hydrogens is 444 g/mol. The summed E-state index contributed by atoms with van der Waals surface area (Å²) in [5, 5.41) is 20.3. The highest BCUT2D eigenvalue weighted by molar-refractivity contribution is 6.04. The molecule has 12 heteroatoms. The highest BCUT2D eigenvalue weighted by atomic mass is 16.6. The van der Waals surface area contributed by atoms with Crippen LogP contribution in [0.25, 0.3) is 0 Å². The fourth-order valence-electron chi connectivity index (χ4n) is 3.88. The van der Waals surface area contributed by atoms with Gasteiger partial charge in [0.1, 0.15) is 0 Å². The molecule has 0 spiro atoms. The number of anilines is 3. The fourth-order valence-corrected chi connectivity index (χ4v) is 3.88. The lowest BCUT2D eigenvalue weighted by Crippen LogP contribution is -2.48. The molecule has 2 amide bonds. The minimum Gasteiger partial charge on any atom is -0.477 e. The summed E-state index contributed by atoms with van der Waals surface area (Å²) in [5.41, 5.74) is 0.927. The van der Waals surface area contributed by atoms with Crippen molar-refractivity contribution in [1.82, 2.24) is 15.2 Å². The van der Waals surface area contributed by atoms with Gasteiger partial charge < -0.3 is 24.2 Å². The van der Waals surface area contributed by atoms with Crippen LogP contribution in [0.2, 0.25) is 0 Å². The van der Waals surface area contributed by atoms with Crippen molar-refractivity contribution in [1.29, 1.82) is 0 Å². The van der Waals surface area contributed by atoms with E-state index in [9.17, 15) is 14.7 Å². The Balaban J connectivity index is 1.40. The molecule has 34 heavy (non-hydrogen) atoms. The number of aromatic nitrogens is 3. The number of amides is 2. The van der Waals surface area contributed by atoms with Crippen LogP contribution in [-0.2, 0) is 9.47 Å². The number of nitrogens with zero attached hydrogens (tertiary/aromatic N) is 5. The lowest BCUT2D eigenvalue weighted by Gasteiger charge is -2.35. The van der Waals surface area contributed by atoms with Gasteiger partial charge in [0.2, 0.25) is 5.88 Å². The molecule has 4 rings (SSSR count). The molecule has 0 radical (unpaired) electrons. The summed E-state index contributed by atoms with van der Waals surface area (Å²) >= 11 is 0. The Hall–Kier alpha value is -3.51. The number of hydrogen-bond acceptors (Lipinski definition) is 10. The number of urea groups is 1. The topological polar surface area (TPSA) is 139 Å². The molecule has 1 atom stereocenters. The van der Waals surface area contributed by atoms with E-state index in [4.69, 9.17) is 14.2 Å². The van der Waals surface area contributed by atoms with Crippen LogP contribution in [0.4, 0.5) is 22.1 Å². The Morgan fingerprint density at radius 1 is 1.21 bits per heavy atom. The zero-order valence-corrected chi connectivity index (χ0v) is 19.4. The van der Waals surface area contributed by atoms with Gasteiger partial charge >= 0.3 is 12.0 Å².